The van der Waals surface area contributed by atoms with Crippen molar-refractivity contribution in [3.05, 3.63) is 23.3 Å². The molecule has 0 amide bonds. The number of aromatic hydroxyl groups is 1. The van der Waals surface area contributed by atoms with Gasteiger partial charge in [-0.15, -0.1) is 0 Å². The molecule has 3 aliphatic carbocycles. The average Bonchev–Trinajstić information content (AvgIpc) is 3.36. The summed E-state index contributed by atoms with van der Waals surface area (Å²) in [5.41, 5.74) is 0.436. The van der Waals surface area contributed by atoms with E-state index in [4.69, 9.17) is 4.74 Å². The van der Waals surface area contributed by atoms with Crippen molar-refractivity contribution in [2.45, 2.75) is 68.1 Å². The van der Waals surface area contributed by atoms with Gasteiger partial charge >= 0.3 is 0 Å². The first-order chi connectivity index (χ1) is 12.5. The fraction of sp³-hybridized carbons (Fsp3) is 0.667. The highest BCUT2D eigenvalue weighted by molar-refractivity contribution is 5.90. The molecule has 5 aliphatic rings. The summed E-state index contributed by atoms with van der Waals surface area (Å²) in [6, 6.07) is 3.70. The molecule has 2 saturated carbocycles. The Kier molecular flexibility index (Phi) is 2.86. The third-order valence-electron chi connectivity index (χ3n) is 7.78. The molecule has 2 bridgehead atoms. The number of carbonyl (C=O) groups is 1. The van der Waals surface area contributed by atoms with E-state index in [1.54, 1.807) is 6.07 Å². The van der Waals surface area contributed by atoms with Gasteiger partial charge in [0.25, 0.3) is 0 Å². The molecule has 0 unspecified atom stereocenters. The predicted octanol–water partition coefficient (Wildman–Crippen LogP) is 1.92. The van der Waals surface area contributed by atoms with E-state index in [1.807, 2.05) is 6.07 Å². The molecule has 1 aromatic rings. The first-order valence-corrected chi connectivity index (χ1v) is 10.1. The Balaban J connectivity index is 1.59. The number of benzene rings is 1. The van der Waals surface area contributed by atoms with Crippen molar-refractivity contribution in [1.82, 2.24) is 4.90 Å². The number of hydrogen-bond donors (Lipinski definition) is 2. The van der Waals surface area contributed by atoms with Crippen LogP contribution in [-0.4, -0.2) is 51.7 Å². The SMILES string of the molecule is O=C1CC[C@@]2(O)[C@H]3Cc4ccc(O)c5c4[C@@]2(CCCN3CC2CC2)[C@H]1O5. The van der Waals surface area contributed by atoms with Gasteiger partial charge in [-0.2, -0.15) is 0 Å². The Morgan fingerprint density at radius 1 is 1.27 bits per heavy atom. The number of nitrogens with zero attached hydrogens (tertiary/aromatic N) is 1. The maximum absolute atomic E-state index is 12.8. The quantitative estimate of drug-likeness (QED) is 0.848. The summed E-state index contributed by atoms with van der Waals surface area (Å²) in [7, 11) is 0. The van der Waals surface area contributed by atoms with Crippen molar-refractivity contribution in [2.75, 3.05) is 13.1 Å². The van der Waals surface area contributed by atoms with Crippen LogP contribution in [-0.2, 0) is 16.6 Å². The second-order valence-electron chi connectivity index (χ2n) is 9.07. The lowest BCUT2D eigenvalue weighted by atomic mass is 9.51. The largest absolute Gasteiger partial charge is 0.504 e. The highest BCUT2D eigenvalue weighted by atomic mass is 16.5. The topological polar surface area (TPSA) is 70.0 Å². The molecule has 1 aromatic carbocycles. The molecule has 138 valence electrons. The van der Waals surface area contributed by atoms with Crippen LogP contribution in [0.1, 0.15) is 49.7 Å². The molecule has 6 rings (SSSR count). The first-order valence-electron chi connectivity index (χ1n) is 10.1. The molecular weight excluding hydrogens is 330 g/mol. The molecule has 2 N–H and O–H groups in total. The van der Waals surface area contributed by atoms with Crippen LogP contribution in [0.5, 0.6) is 11.5 Å². The molecule has 4 atom stereocenters. The van der Waals surface area contributed by atoms with Crippen LogP contribution < -0.4 is 4.74 Å². The standard InChI is InChI=1S/C21H25NO4/c23-14-5-4-13-10-16-21(25)8-6-15(24)19-20(21,17(13)18(14)26-19)7-1-9-22(16)11-12-2-3-12/h4-5,12,16,19,23,25H,1-3,6-11H2/t16-,19+,20+,21-/m1/s1. The molecule has 26 heavy (non-hydrogen) atoms. The van der Waals surface area contributed by atoms with E-state index >= 15 is 0 Å². The van der Waals surface area contributed by atoms with Crippen LogP contribution in [0.15, 0.2) is 12.1 Å². The summed E-state index contributed by atoms with van der Waals surface area (Å²) in [6.45, 7) is 2.03. The second-order valence-corrected chi connectivity index (χ2v) is 9.07. The summed E-state index contributed by atoms with van der Waals surface area (Å²) in [4.78, 5) is 15.3. The molecule has 0 radical (unpaired) electrons. The number of ether oxygens (including phenoxy) is 1. The summed E-state index contributed by atoms with van der Waals surface area (Å²) in [5, 5.41) is 22.5. The molecule has 2 aliphatic heterocycles. The minimum atomic E-state index is -0.955. The molecular formula is C21H25NO4. The predicted molar refractivity (Wildman–Crippen MR) is 94.4 cm³/mol. The zero-order chi connectivity index (χ0) is 17.7. The van der Waals surface area contributed by atoms with Crippen LogP contribution in [0.2, 0.25) is 0 Å². The van der Waals surface area contributed by atoms with Crippen LogP contribution >= 0.6 is 0 Å². The maximum Gasteiger partial charge on any atom is 0.174 e. The van der Waals surface area contributed by atoms with Gasteiger partial charge in [0.15, 0.2) is 23.4 Å². The summed E-state index contributed by atoms with van der Waals surface area (Å²) in [6.07, 6.45) is 5.29. The van der Waals surface area contributed by atoms with Crippen LogP contribution in [0.3, 0.4) is 0 Å². The smallest absolute Gasteiger partial charge is 0.174 e. The lowest BCUT2D eigenvalue weighted by Gasteiger charge is -2.57. The van der Waals surface area contributed by atoms with Gasteiger partial charge < -0.3 is 14.9 Å². The van der Waals surface area contributed by atoms with Crippen LogP contribution in [0.25, 0.3) is 0 Å². The molecule has 1 spiro atoms. The second kappa shape index (κ2) is 4.82. The number of likely N-dealkylation sites (tertiary alicyclic amines) is 1. The van der Waals surface area contributed by atoms with E-state index in [1.165, 1.54) is 12.8 Å². The fourth-order valence-corrected chi connectivity index (χ4v) is 6.50. The number of hydrogen-bond acceptors (Lipinski definition) is 5. The first kappa shape index (κ1) is 15.5. The minimum Gasteiger partial charge on any atom is -0.504 e. The number of ketones is 1. The van der Waals surface area contributed by atoms with E-state index in [-0.39, 0.29) is 17.6 Å². The highest BCUT2D eigenvalue weighted by Gasteiger charge is 2.72. The number of phenols is 1. The van der Waals surface area contributed by atoms with Crippen molar-refractivity contribution in [1.29, 1.82) is 0 Å². The van der Waals surface area contributed by atoms with E-state index in [2.05, 4.69) is 4.90 Å². The number of carbonyl (C=O) groups excluding carboxylic acids is 1. The van der Waals surface area contributed by atoms with E-state index in [9.17, 15) is 15.0 Å². The van der Waals surface area contributed by atoms with Crippen molar-refractivity contribution < 1.29 is 19.7 Å². The average molecular weight is 355 g/mol. The zero-order valence-electron chi connectivity index (χ0n) is 14.9. The number of rotatable bonds is 2. The fourth-order valence-electron chi connectivity index (χ4n) is 6.50. The van der Waals surface area contributed by atoms with Crippen molar-refractivity contribution in [3.8, 4) is 11.5 Å². The monoisotopic (exact) mass is 355 g/mol. The number of phenolic OH excluding ortho intramolecular Hbond substituents is 1. The van der Waals surface area contributed by atoms with Gasteiger partial charge in [0, 0.05) is 24.6 Å². The molecule has 5 nitrogen and oxygen atoms in total. The Labute approximate surface area is 152 Å². The van der Waals surface area contributed by atoms with Crippen molar-refractivity contribution in [2.24, 2.45) is 5.92 Å². The van der Waals surface area contributed by atoms with Gasteiger partial charge in [-0.25, -0.2) is 0 Å². The summed E-state index contributed by atoms with van der Waals surface area (Å²) in [5.74, 6) is 1.40. The minimum absolute atomic E-state index is 0.0350. The van der Waals surface area contributed by atoms with Crippen LogP contribution in [0, 0.1) is 5.92 Å². The number of aliphatic hydroxyl groups is 1. The molecule has 5 heteroatoms. The van der Waals surface area contributed by atoms with E-state index < -0.39 is 17.1 Å². The molecule has 0 aromatic heterocycles. The summed E-state index contributed by atoms with van der Waals surface area (Å²) < 4.78 is 6.09. The van der Waals surface area contributed by atoms with E-state index in [0.29, 0.717) is 18.6 Å². The van der Waals surface area contributed by atoms with Gasteiger partial charge in [0.05, 0.1) is 11.0 Å². The Hall–Kier alpha value is -1.59. The zero-order valence-corrected chi connectivity index (χ0v) is 14.9. The lowest BCUT2D eigenvalue weighted by Crippen LogP contribution is -2.71. The lowest BCUT2D eigenvalue weighted by molar-refractivity contribution is -0.165. The Bertz CT molecular complexity index is 818. The van der Waals surface area contributed by atoms with Crippen molar-refractivity contribution >= 4 is 5.78 Å². The highest BCUT2D eigenvalue weighted by Crippen LogP contribution is 2.64. The number of Topliss-reactive ketones (excluding diaryl/α,β-unsaturated/α-hetero) is 1. The maximum atomic E-state index is 12.8. The summed E-state index contributed by atoms with van der Waals surface area (Å²) >= 11 is 0. The van der Waals surface area contributed by atoms with Gasteiger partial charge in [-0.05, 0) is 62.6 Å². The molecule has 2 heterocycles. The Morgan fingerprint density at radius 3 is 2.92 bits per heavy atom. The van der Waals surface area contributed by atoms with Crippen molar-refractivity contribution in [3.63, 3.8) is 0 Å². The third-order valence-corrected chi connectivity index (χ3v) is 7.78. The van der Waals surface area contributed by atoms with Gasteiger partial charge in [-0.1, -0.05) is 6.07 Å². The van der Waals surface area contributed by atoms with Crippen LogP contribution in [0.4, 0.5) is 0 Å². The van der Waals surface area contributed by atoms with Gasteiger partial charge in [0.1, 0.15) is 0 Å². The van der Waals surface area contributed by atoms with E-state index in [0.717, 1.165) is 49.4 Å². The molecule has 1 saturated heterocycles. The van der Waals surface area contributed by atoms with Gasteiger partial charge in [-0.3, -0.25) is 9.69 Å². The van der Waals surface area contributed by atoms with Gasteiger partial charge in [0.2, 0.25) is 0 Å². The molecule has 3 fully saturated rings. The Morgan fingerprint density at radius 2 is 2.12 bits per heavy atom. The normalized spacial score (nSPS) is 40.7. The third kappa shape index (κ3) is 1.67.